The zero-order chi connectivity index (χ0) is 22.9. The molecular formula is C24H27ClN4O2S. The van der Waals surface area contributed by atoms with Gasteiger partial charge in [0.25, 0.3) is 5.91 Å². The molecule has 8 heteroatoms. The van der Waals surface area contributed by atoms with Crippen LogP contribution in [-0.4, -0.2) is 35.3 Å². The van der Waals surface area contributed by atoms with Crippen molar-refractivity contribution >= 4 is 35.8 Å². The van der Waals surface area contributed by atoms with Crippen molar-refractivity contribution in [1.29, 1.82) is 0 Å². The molecular weight excluding hydrogens is 444 g/mol. The van der Waals surface area contributed by atoms with Crippen molar-refractivity contribution in [1.82, 2.24) is 10.3 Å². The predicted molar refractivity (Wildman–Crippen MR) is 133 cm³/mol. The molecule has 1 aromatic heterocycles. The molecule has 0 spiro atoms. The Bertz CT molecular complexity index is 1020. The Morgan fingerprint density at radius 3 is 2.53 bits per heavy atom. The second-order valence-corrected chi connectivity index (χ2v) is 8.14. The van der Waals surface area contributed by atoms with Crippen molar-refractivity contribution in [2.24, 2.45) is 5.73 Å². The Balaban J connectivity index is 1.73. The average Bonchev–Trinajstić information content (AvgIpc) is 2.82. The zero-order valence-corrected chi connectivity index (χ0v) is 19.4. The number of amides is 1. The largest absolute Gasteiger partial charge is 0.463 e. The third-order valence-electron chi connectivity index (χ3n) is 4.76. The number of benzene rings is 2. The number of carbonyl (C=O) groups excluding carboxylic acids is 1. The highest BCUT2D eigenvalue weighted by molar-refractivity contribution is 7.80. The monoisotopic (exact) mass is 470 g/mol. The van der Waals surface area contributed by atoms with Crippen molar-refractivity contribution in [3.05, 3.63) is 77.3 Å². The molecule has 1 unspecified atom stereocenters. The van der Waals surface area contributed by atoms with Crippen LogP contribution < -0.4 is 21.1 Å². The lowest BCUT2D eigenvalue weighted by Gasteiger charge is -2.19. The second kappa shape index (κ2) is 11.8. The molecule has 0 radical (unpaired) electrons. The van der Waals surface area contributed by atoms with Gasteiger partial charge in [-0.3, -0.25) is 4.79 Å². The van der Waals surface area contributed by atoms with Gasteiger partial charge in [-0.25, -0.2) is 4.98 Å². The molecule has 0 bridgehead atoms. The van der Waals surface area contributed by atoms with Gasteiger partial charge in [-0.2, -0.15) is 12.6 Å². The first-order chi connectivity index (χ1) is 15.5. The summed E-state index contributed by atoms with van der Waals surface area (Å²) in [5.41, 5.74) is 9.29. The quantitative estimate of drug-likeness (QED) is 0.334. The maximum absolute atomic E-state index is 12.6. The van der Waals surface area contributed by atoms with Crippen LogP contribution in [0.3, 0.4) is 0 Å². The molecule has 1 heterocycles. The predicted octanol–water partition coefficient (Wildman–Crippen LogP) is 4.15. The van der Waals surface area contributed by atoms with Crippen LogP contribution in [0.15, 0.2) is 66.7 Å². The number of hydrogen-bond donors (Lipinski definition) is 4. The number of nitrogens with two attached hydrogens (primary N) is 1. The van der Waals surface area contributed by atoms with Gasteiger partial charge >= 0.3 is 0 Å². The lowest BCUT2D eigenvalue weighted by molar-refractivity contribution is -0.127. The summed E-state index contributed by atoms with van der Waals surface area (Å²) in [7, 11) is 0. The molecule has 0 aliphatic heterocycles. The fraction of sp³-hybridized carbons (Fsp3) is 0.250. The fourth-order valence-electron chi connectivity index (χ4n) is 2.90. The topological polar surface area (TPSA) is 89.3 Å². The minimum absolute atomic E-state index is 0.125. The van der Waals surface area contributed by atoms with Gasteiger partial charge in [-0.1, -0.05) is 54.1 Å². The Labute approximate surface area is 198 Å². The van der Waals surface area contributed by atoms with Gasteiger partial charge in [0.1, 0.15) is 0 Å². The minimum atomic E-state index is -0.750. The number of ether oxygens (including phenoxy) is 1. The highest BCUT2D eigenvalue weighted by Crippen LogP contribution is 2.28. The van der Waals surface area contributed by atoms with E-state index in [1.165, 1.54) is 0 Å². The van der Waals surface area contributed by atoms with Crippen LogP contribution in [0.4, 0.5) is 5.69 Å². The third kappa shape index (κ3) is 6.88. The van der Waals surface area contributed by atoms with Crippen LogP contribution in [0.5, 0.6) is 5.88 Å². The van der Waals surface area contributed by atoms with Crippen molar-refractivity contribution in [3.8, 4) is 17.1 Å². The first-order valence-electron chi connectivity index (χ1n) is 10.3. The molecule has 4 N–H and O–H groups in total. The smallest absolute Gasteiger partial charge is 0.261 e. The van der Waals surface area contributed by atoms with Gasteiger partial charge in [-0.05, 0) is 36.8 Å². The molecule has 0 saturated carbocycles. The van der Waals surface area contributed by atoms with E-state index in [1.54, 1.807) is 19.1 Å². The van der Waals surface area contributed by atoms with E-state index in [1.807, 2.05) is 54.6 Å². The molecule has 0 fully saturated rings. The Hall–Kier alpha value is -2.74. The van der Waals surface area contributed by atoms with Crippen LogP contribution >= 0.6 is 24.2 Å². The summed E-state index contributed by atoms with van der Waals surface area (Å²) in [6.45, 7) is 2.57. The second-order valence-electron chi connectivity index (χ2n) is 7.34. The van der Waals surface area contributed by atoms with Gasteiger partial charge in [-0.15, -0.1) is 0 Å². The number of halogens is 1. The Kier molecular flexibility index (Phi) is 8.79. The number of thiol groups is 1. The van der Waals surface area contributed by atoms with Gasteiger partial charge < -0.3 is 21.1 Å². The standard InChI is InChI=1S/C24H27ClN4O2S/c1-16(23(30)28-13-17-7-9-19(25)10-8-17)31-24-22(27-14-20(26)15-32)12-11-21(29-24)18-5-3-2-4-6-18/h2-12,16,20,27,32H,13-15,26H2,1H3,(H,28,30)/t16-,20?/m1/s1. The highest BCUT2D eigenvalue weighted by Gasteiger charge is 2.18. The van der Waals surface area contributed by atoms with Crippen LogP contribution in [-0.2, 0) is 11.3 Å². The van der Waals surface area contributed by atoms with Gasteiger partial charge in [0.15, 0.2) is 6.10 Å². The summed E-state index contributed by atoms with van der Waals surface area (Å²) in [6.07, 6.45) is -0.750. The van der Waals surface area contributed by atoms with Gasteiger partial charge in [0, 0.05) is 35.5 Å². The average molecular weight is 471 g/mol. The number of pyridine rings is 1. The van der Waals surface area contributed by atoms with Crippen molar-refractivity contribution in [3.63, 3.8) is 0 Å². The SMILES string of the molecule is C[C@@H](Oc1nc(-c2ccccc2)ccc1NCC(N)CS)C(=O)NCc1ccc(Cl)cc1. The van der Waals surface area contributed by atoms with E-state index in [-0.39, 0.29) is 11.9 Å². The molecule has 3 aromatic rings. The first kappa shape index (κ1) is 23.9. The molecule has 6 nitrogen and oxygen atoms in total. The molecule has 32 heavy (non-hydrogen) atoms. The first-order valence-corrected chi connectivity index (χ1v) is 11.3. The van der Waals surface area contributed by atoms with E-state index in [9.17, 15) is 4.79 Å². The summed E-state index contributed by atoms with van der Waals surface area (Å²) in [5.74, 6) is 0.638. The molecule has 168 valence electrons. The summed E-state index contributed by atoms with van der Waals surface area (Å²) in [5, 5.41) is 6.77. The van der Waals surface area contributed by atoms with Crippen molar-refractivity contribution in [2.45, 2.75) is 25.6 Å². The molecule has 3 rings (SSSR count). The molecule has 0 aliphatic rings. The third-order valence-corrected chi connectivity index (χ3v) is 5.48. The zero-order valence-electron chi connectivity index (χ0n) is 17.8. The van der Waals surface area contributed by atoms with E-state index in [0.29, 0.717) is 35.4 Å². The number of nitrogens with zero attached hydrogens (tertiary/aromatic N) is 1. The normalized spacial score (nSPS) is 12.6. The summed E-state index contributed by atoms with van der Waals surface area (Å²) in [6, 6.07) is 20.8. The number of aromatic nitrogens is 1. The van der Waals surface area contributed by atoms with E-state index >= 15 is 0 Å². The van der Waals surface area contributed by atoms with Gasteiger partial charge in [0.05, 0.1) is 11.4 Å². The molecule has 2 aromatic carbocycles. The highest BCUT2D eigenvalue weighted by atomic mass is 35.5. The van der Waals surface area contributed by atoms with E-state index in [4.69, 9.17) is 22.1 Å². The van der Waals surface area contributed by atoms with E-state index in [2.05, 4.69) is 28.2 Å². The van der Waals surface area contributed by atoms with Crippen LogP contribution in [0, 0.1) is 0 Å². The summed E-state index contributed by atoms with van der Waals surface area (Å²) >= 11 is 10.1. The molecule has 2 atom stereocenters. The van der Waals surface area contributed by atoms with Crippen molar-refractivity contribution < 1.29 is 9.53 Å². The van der Waals surface area contributed by atoms with E-state index in [0.717, 1.165) is 16.8 Å². The maximum atomic E-state index is 12.6. The molecule has 1 amide bonds. The summed E-state index contributed by atoms with van der Waals surface area (Å²) in [4.78, 5) is 17.3. The Morgan fingerprint density at radius 2 is 1.84 bits per heavy atom. The van der Waals surface area contributed by atoms with Crippen molar-refractivity contribution in [2.75, 3.05) is 17.6 Å². The van der Waals surface area contributed by atoms with Crippen LogP contribution in [0.25, 0.3) is 11.3 Å². The number of anilines is 1. The lowest BCUT2D eigenvalue weighted by atomic mass is 10.1. The maximum Gasteiger partial charge on any atom is 0.261 e. The number of carbonyl (C=O) groups is 1. The molecule has 0 aliphatic carbocycles. The number of hydrogen-bond acceptors (Lipinski definition) is 6. The lowest BCUT2D eigenvalue weighted by Crippen LogP contribution is -2.36. The fourth-order valence-corrected chi connectivity index (χ4v) is 3.15. The minimum Gasteiger partial charge on any atom is -0.463 e. The Morgan fingerprint density at radius 1 is 1.12 bits per heavy atom. The van der Waals surface area contributed by atoms with Crippen LogP contribution in [0.1, 0.15) is 12.5 Å². The van der Waals surface area contributed by atoms with E-state index < -0.39 is 6.10 Å². The van der Waals surface area contributed by atoms with Crippen LogP contribution in [0.2, 0.25) is 5.02 Å². The molecule has 0 saturated heterocycles. The number of rotatable bonds is 10. The summed E-state index contributed by atoms with van der Waals surface area (Å²) < 4.78 is 5.98. The van der Waals surface area contributed by atoms with Gasteiger partial charge in [0.2, 0.25) is 5.88 Å². The number of nitrogens with one attached hydrogen (secondary N) is 2.